The highest BCUT2D eigenvalue weighted by atomic mass is 35.5. The Hall–Kier alpha value is -1.79. The Morgan fingerprint density at radius 3 is 2.83 bits per heavy atom. The summed E-state index contributed by atoms with van der Waals surface area (Å²) in [7, 11) is 0. The van der Waals surface area contributed by atoms with Gasteiger partial charge in [-0.2, -0.15) is 0 Å². The normalized spacial score (nSPS) is 13.0. The zero-order valence-corrected chi connectivity index (χ0v) is 15.3. The highest BCUT2D eigenvalue weighted by Gasteiger charge is 2.16. The Bertz CT molecular complexity index is 702. The number of benzene rings is 1. The van der Waals surface area contributed by atoms with Crippen molar-refractivity contribution in [3.63, 3.8) is 0 Å². The molecule has 2 aromatic rings. The molecule has 0 aliphatic carbocycles. The molecule has 1 aromatic carbocycles. The van der Waals surface area contributed by atoms with E-state index in [0.29, 0.717) is 17.8 Å². The van der Waals surface area contributed by atoms with Crippen molar-refractivity contribution in [2.45, 2.75) is 45.7 Å². The molecule has 0 radical (unpaired) electrons. The van der Waals surface area contributed by atoms with Crippen LogP contribution in [0.2, 0.25) is 0 Å². The van der Waals surface area contributed by atoms with Crippen molar-refractivity contribution >= 4 is 36.4 Å². The number of hydrogen-bond donors (Lipinski definition) is 2. The molecule has 1 aromatic heterocycles. The Labute approximate surface area is 154 Å². The van der Waals surface area contributed by atoms with Gasteiger partial charge in [0.1, 0.15) is 5.82 Å². The van der Waals surface area contributed by atoms with E-state index in [1.54, 1.807) is 12.1 Å². The molecule has 2 heterocycles. The molecule has 132 valence electrons. The van der Waals surface area contributed by atoms with Gasteiger partial charge in [-0.25, -0.2) is 0 Å². The Morgan fingerprint density at radius 1 is 1.25 bits per heavy atom. The van der Waals surface area contributed by atoms with Crippen LogP contribution in [0.25, 0.3) is 0 Å². The lowest BCUT2D eigenvalue weighted by atomic mass is 10.1. The number of aromatic nitrogens is 3. The third-order valence-electron chi connectivity index (χ3n) is 4.10. The van der Waals surface area contributed by atoms with Crippen LogP contribution in [0.4, 0.5) is 5.69 Å². The molecule has 0 unspecified atom stereocenters. The molecule has 0 atom stereocenters. The zero-order chi connectivity index (χ0) is 15.5. The van der Waals surface area contributed by atoms with Crippen LogP contribution < -0.4 is 11.1 Å². The van der Waals surface area contributed by atoms with E-state index in [-0.39, 0.29) is 30.7 Å². The van der Waals surface area contributed by atoms with Crippen LogP contribution in [0, 0.1) is 6.92 Å². The molecule has 8 heteroatoms. The van der Waals surface area contributed by atoms with Crippen molar-refractivity contribution in [3.05, 3.63) is 41.0 Å². The predicted molar refractivity (Wildman–Crippen MR) is 98.8 cm³/mol. The Balaban J connectivity index is 0.00000144. The van der Waals surface area contributed by atoms with Gasteiger partial charge in [0.15, 0.2) is 5.82 Å². The van der Waals surface area contributed by atoms with Crippen molar-refractivity contribution in [2.75, 3.05) is 5.73 Å². The third kappa shape index (κ3) is 4.39. The summed E-state index contributed by atoms with van der Waals surface area (Å²) in [5.41, 5.74) is 7.86. The van der Waals surface area contributed by atoms with Gasteiger partial charge >= 0.3 is 0 Å². The smallest absolute Gasteiger partial charge is 0.252 e. The zero-order valence-electron chi connectivity index (χ0n) is 13.6. The third-order valence-corrected chi connectivity index (χ3v) is 4.10. The number of nitrogen functional groups attached to an aromatic ring is 1. The number of nitrogens with one attached hydrogen (secondary N) is 1. The number of halogens is 2. The Morgan fingerprint density at radius 2 is 2.04 bits per heavy atom. The van der Waals surface area contributed by atoms with Gasteiger partial charge in [-0.1, -0.05) is 12.5 Å². The minimum Gasteiger partial charge on any atom is -0.399 e. The molecular formula is C16H23Cl2N5O. The first-order chi connectivity index (χ1) is 10.6. The first-order valence-corrected chi connectivity index (χ1v) is 7.70. The number of nitrogens with two attached hydrogens (primary N) is 1. The maximum Gasteiger partial charge on any atom is 0.252 e. The average molecular weight is 372 g/mol. The van der Waals surface area contributed by atoms with Crippen molar-refractivity contribution in [1.29, 1.82) is 0 Å². The minimum absolute atomic E-state index is 0. The van der Waals surface area contributed by atoms with Gasteiger partial charge in [0.05, 0.1) is 6.54 Å². The van der Waals surface area contributed by atoms with Gasteiger partial charge in [-0.3, -0.25) is 4.79 Å². The number of rotatable bonds is 3. The fourth-order valence-corrected chi connectivity index (χ4v) is 2.81. The van der Waals surface area contributed by atoms with Gasteiger partial charge in [-0.05, 0) is 37.5 Å². The van der Waals surface area contributed by atoms with E-state index < -0.39 is 0 Å². The van der Waals surface area contributed by atoms with Crippen LogP contribution in [0.1, 0.15) is 46.8 Å². The molecule has 0 spiro atoms. The highest BCUT2D eigenvalue weighted by Crippen LogP contribution is 2.15. The summed E-state index contributed by atoms with van der Waals surface area (Å²) < 4.78 is 2.14. The van der Waals surface area contributed by atoms with E-state index in [1.807, 2.05) is 13.0 Å². The second-order valence-corrected chi connectivity index (χ2v) is 5.75. The predicted octanol–water partition coefficient (Wildman–Crippen LogP) is 2.67. The lowest BCUT2D eigenvalue weighted by Gasteiger charge is -2.10. The van der Waals surface area contributed by atoms with Crippen molar-refractivity contribution in [2.24, 2.45) is 0 Å². The van der Waals surface area contributed by atoms with E-state index in [1.165, 1.54) is 6.42 Å². The number of carbonyl (C=O) groups excluding carboxylic acids is 1. The number of hydrogen-bond acceptors (Lipinski definition) is 4. The SMILES string of the molecule is Cc1ccc(N)cc1C(=O)NCc1nnc2n1CCCCC2.Cl.Cl. The van der Waals surface area contributed by atoms with E-state index >= 15 is 0 Å². The number of nitrogens with zero attached hydrogens (tertiary/aromatic N) is 3. The van der Waals surface area contributed by atoms with E-state index in [2.05, 4.69) is 20.1 Å². The second-order valence-electron chi connectivity index (χ2n) is 5.75. The molecule has 3 N–H and O–H groups in total. The molecule has 3 rings (SSSR count). The van der Waals surface area contributed by atoms with Crippen LogP contribution in [-0.2, 0) is 19.5 Å². The van der Waals surface area contributed by atoms with Gasteiger partial charge in [0.25, 0.3) is 5.91 Å². The van der Waals surface area contributed by atoms with E-state index in [0.717, 1.165) is 43.0 Å². The molecule has 0 fully saturated rings. The lowest BCUT2D eigenvalue weighted by Crippen LogP contribution is -2.25. The van der Waals surface area contributed by atoms with Crippen LogP contribution >= 0.6 is 24.8 Å². The van der Waals surface area contributed by atoms with Crippen molar-refractivity contribution < 1.29 is 4.79 Å². The van der Waals surface area contributed by atoms with Gasteiger partial charge < -0.3 is 15.6 Å². The molecule has 0 bridgehead atoms. The highest BCUT2D eigenvalue weighted by molar-refractivity contribution is 5.96. The first-order valence-electron chi connectivity index (χ1n) is 7.70. The van der Waals surface area contributed by atoms with Crippen LogP contribution in [0.15, 0.2) is 18.2 Å². The fraction of sp³-hybridized carbons (Fsp3) is 0.438. The average Bonchev–Trinajstić information content (AvgIpc) is 2.74. The van der Waals surface area contributed by atoms with Crippen LogP contribution in [0.3, 0.4) is 0 Å². The molecule has 0 saturated carbocycles. The molecule has 0 saturated heterocycles. The number of carbonyl (C=O) groups is 1. The first kappa shape index (κ1) is 20.3. The summed E-state index contributed by atoms with van der Waals surface area (Å²) >= 11 is 0. The molecule has 1 aliphatic rings. The summed E-state index contributed by atoms with van der Waals surface area (Å²) in [4.78, 5) is 12.3. The molecule has 1 aliphatic heterocycles. The standard InChI is InChI=1S/C16H21N5O.2ClH/c1-11-6-7-12(17)9-13(11)16(22)18-10-15-20-19-14-5-3-2-4-8-21(14)15;;/h6-7,9H,2-5,8,10,17H2,1H3,(H,18,22);2*1H. The molecule has 1 amide bonds. The van der Waals surface area contributed by atoms with Gasteiger partial charge in [0.2, 0.25) is 0 Å². The second kappa shape index (κ2) is 8.89. The van der Waals surface area contributed by atoms with E-state index in [9.17, 15) is 4.79 Å². The van der Waals surface area contributed by atoms with Crippen molar-refractivity contribution in [1.82, 2.24) is 20.1 Å². The number of anilines is 1. The summed E-state index contributed by atoms with van der Waals surface area (Å²) in [5, 5.41) is 11.4. The maximum atomic E-state index is 12.3. The topological polar surface area (TPSA) is 85.8 Å². The lowest BCUT2D eigenvalue weighted by molar-refractivity contribution is 0.0949. The number of aryl methyl sites for hydroxylation is 2. The largest absolute Gasteiger partial charge is 0.399 e. The van der Waals surface area contributed by atoms with Crippen LogP contribution in [0.5, 0.6) is 0 Å². The molecule has 24 heavy (non-hydrogen) atoms. The fourth-order valence-electron chi connectivity index (χ4n) is 2.81. The van der Waals surface area contributed by atoms with Gasteiger partial charge in [-0.15, -0.1) is 35.0 Å². The molecule has 6 nitrogen and oxygen atoms in total. The van der Waals surface area contributed by atoms with Crippen molar-refractivity contribution in [3.8, 4) is 0 Å². The minimum atomic E-state index is -0.129. The quantitative estimate of drug-likeness (QED) is 0.812. The monoisotopic (exact) mass is 371 g/mol. The Kier molecular flexibility index (Phi) is 7.51. The summed E-state index contributed by atoms with van der Waals surface area (Å²) in [6.07, 6.45) is 4.49. The number of fused-ring (bicyclic) bond motifs is 1. The van der Waals surface area contributed by atoms with Gasteiger partial charge in [0, 0.05) is 24.2 Å². The summed E-state index contributed by atoms with van der Waals surface area (Å²) in [5.74, 6) is 1.73. The summed E-state index contributed by atoms with van der Waals surface area (Å²) in [6, 6.07) is 5.35. The van der Waals surface area contributed by atoms with E-state index in [4.69, 9.17) is 5.73 Å². The summed E-state index contributed by atoms with van der Waals surface area (Å²) in [6.45, 7) is 3.22. The number of amides is 1. The maximum absolute atomic E-state index is 12.3. The molecular weight excluding hydrogens is 349 g/mol. The van der Waals surface area contributed by atoms with Crippen LogP contribution in [-0.4, -0.2) is 20.7 Å².